The summed E-state index contributed by atoms with van der Waals surface area (Å²) in [6, 6.07) is 8.34. The Labute approximate surface area is 99.9 Å². The third-order valence-electron chi connectivity index (χ3n) is 2.09. The van der Waals surface area contributed by atoms with Crippen LogP contribution in [-0.2, 0) is 11.2 Å². The lowest BCUT2D eigenvalue weighted by molar-refractivity contribution is 0.121. The monoisotopic (exact) mass is 271 g/mol. The molecule has 1 rings (SSSR count). The van der Waals surface area contributed by atoms with Crippen LogP contribution in [0, 0.1) is 0 Å². The lowest BCUT2D eigenvalue weighted by atomic mass is 10.1. The third kappa shape index (κ3) is 5.30. The molecule has 0 saturated carbocycles. The molecule has 0 aliphatic heterocycles. The Morgan fingerprint density at radius 3 is 2.60 bits per heavy atom. The molecule has 0 aliphatic carbocycles. The number of rotatable bonds is 6. The van der Waals surface area contributed by atoms with Crippen molar-refractivity contribution in [2.45, 2.75) is 25.8 Å². The van der Waals surface area contributed by atoms with E-state index in [1.807, 2.05) is 12.1 Å². The molecule has 0 radical (unpaired) electrons. The first-order valence-corrected chi connectivity index (χ1v) is 6.09. The van der Waals surface area contributed by atoms with Crippen molar-refractivity contribution in [3.8, 4) is 0 Å². The summed E-state index contributed by atoms with van der Waals surface area (Å²) < 4.78 is 6.51. The molecular formula is C12H18BrNO. The highest BCUT2D eigenvalue weighted by molar-refractivity contribution is 9.10. The van der Waals surface area contributed by atoms with Crippen molar-refractivity contribution in [2.24, 2.45) is 5.73 Å². The summed E-state index contributed by atoms with van der Waals surface area (Å²) >= 11 is 3.41. The number of nitrogens with two attached hydrogens (primary N) is 1. The van der Waals surface area contributed by atoms with E-state index < -0.39 is 0 Å². The van der Waals surface area contributed by atoms with Gasteiger partial charge in [0.15, 0.2) is 0 Å². The van der Waals surface area contributed by atoms with E-state index in [1.165, 1.54) is 5.56 Å². The molecule has 0 fully saturated rings. The normalized spacial score (nSPS) is 12.7. The summed E-state index contributed by atoms with van der Waals surface area (Å²) in [5.41, 5.74) is 7.20. The minimum Gasteiger partial charge on any atom is -0.380 e. The highest BCUT2D eigenvalue weighted by Gasteiger charge is 2.03. The van der Waals surface area contributed by atoms with Gasteiger partial charge in [0.05, 0.1) is 6.61 Å². The molecule has 0 spiro atoms. The highest BCUT2D eigenvalue weighted by Crippen LogP contribution is 2.11. The third-order valence-corrected chi connectivity index (χ3v) is 2.62. The first-order chi connectivity index (χ1) is 7.22. The van der Waals surface area contributed by atoms with Gasteiger partial charge in [0.25, 0.3) is 0 Å². The molecule has 0 aromatic heterocycles. The predicted octanol–water partition coefficient (Wildman–Crippen LogP) is 2.75. The van der Waals surface area contributed by atoms with Gasteiger partial charge in [-0.1, -0.05) is 35.0 Å². The fourth-order valence-electron chi connectivity index (χ4n) is 1.36. The molecule has 1 aromatic rings. The van der Waals surface area contributed by atoms with E-state index >= 15 is 0 Å². The maximum Gasteiger partial charge on any atom is 0.0620 e. The van der Waals surface area contributed by atoms with Crippen LogP contribution in [0.15, 0.2) is 28.7 Å². The van der Waals surface area contributed by atoms with E-state index in [4.69, 9.17) is 10.5 Å². The Balaban J connectivity index is 2.31. The molecule has 0 heterocycles. The SMILES string of the molecule is CCCOCC(N)Cc1ccc(Br)cc1. The summed E-state index contributed by atoms with van der Waals surface area (Å²) in [6.07, 6.45) is 1.92. The molecule has 1 atom stereocenters. The Morgan fingerprint density at radius 1 is 1.33 bits per heavy atom. The van der Waals surface area contributed by atoms with Gasteiger partial charge in [-0.05, 0) is 30.5 Å². The van der Waals surface area contributed by atoms with Gasteiger partial charge in [-0.2, -0.15) is 0 Å². The minimum atomic E-state index is 0.0951. The largest absolute Gasteiger partial charge is 0.380 e. The smallest absolute Gasteiger partial charge is 0.0620 e. The van der Waals surface area contributed by atoms with Gasteiger partial charge >= 0.3 is 0 Å². The van der Waals surface area contributed by atoms with Gasteiger partial charge in [0.2, 0.25) is 0 Å². The summed E-state index contributed by atoms with van der Waals surface area (Å²) in [5.74, 6) is 0. The molecule has 3 heteroatoms. The topological polar surface area (TPSA) is 35.2 Å². The fourth-order valence-corrected chi connectivity index (χ4v) is 1.63. The van der Waals surface area contributed by atoms with Crippen molar-refractivity contribution in [2.75, 3.05) is 13.2 Å². The molecule has 0 amide bonds. The molecule has 2 nitrogen and oxygen atoms in total. The number of ether oxygens (including phenoxy) is 1. The average molecular weight is 272 g/mol. The predicted molar refractivity (Wildman–Crippen MR) is 66.9 cm³/mol. The van der Waals surface area contributed by atoms with Gasteiger partial charge < -0.3 is 10.5 Å². The molecule has 1 unspecified atom stereocenters. The number of hydrogen-bond donors (Lipinski definition) is 1. The molecule has 15 heavy (non-hydrogen) atoms. The molecular weight excluding hydrogens is 254 g/mol. The first kappa shape index (κ1) is 12.7. The van der Waals surface area contributed by atoms with Gasteiger partial charge in [0.1, 0.15) is 0 Å². The Morgan fingerprint density at radius 2 is 2.00 bits per heavy atom. The second-order valence-electron chi connectivity index (χ2n) is 3.67. The number of halogens is 1. The summed E-state index contributed by atoms with van der Waals surface area (Å²) in [5, 5.41) is 0. The fraction of sp³-hybridized carbons (Fsp3) is 0.500. The van der Waals surface area contributed by atoms with E-state index in [-0.39, 0.29) is 6.04 Å². The van der Waals surface area contributed by atoms with Crippen molar-refractivity contribution < 1.29 is 4.74 Å². The van der Waals surface area contributed by atoms with E-state index in [2.05, 4.69) is 35.0 Å². The van der Waals surface area contributed by atoms with Crippen LogP contribution >= 0.6 is 15.9 Å². The summed E-state index contributed by atoms with van der Waals surface area (Å²) in [7, 11) is 0. The number of benzene rings is 1. The second kappa shape index (κ2) is 6.99. The standard InChI is InChI=1S/C12H18BrNO/c1-2-7-15-9-12(14)8-10-3-5-11(13)6-4-10/h3-6,12H,2,7-9,14H2,1H3. The van der Waals surface area contributed by atoms with Crippen LogP contribution in [0.5, 0.6) is 0 Å². The van der Waals surface area contributed by atoms with Gasteiger partial charge in [-0.3, -0.25) is 0 Å². The van der Waals surface area contributed by atoms with Crippen LogP contribution in [0.1, 0.15) is 18.9 Å². The molecule has 84 valence electrons. The first-order valence-electron chi connectivity index (χ1n) is 5.30. The van der Waals surface area contributed by atoms with Crippen molar-refractivity contribution >= 4 is 15.9 Å². The lowest BCUT2D eigenvalue weighted by Gasteiger charge is -2.11. The van der Waals surface area contributed by atoms with Gasteiger partial charge in [-0.15, -0.1) is 0 Å². The molecule has 1 aromatic carbocycles. The Hall–Kier alpha value is -0.380. The van der Waals surface area contributed by atoms with Gasteiger partial charge in [0, 0.05) is 17.1 Å². The zero-order valence-corrected chi connectivity index (χ0v) is 10.7. The van der Waals surface area contributed by atoms with E-state index in [1.54, 1.807) is 0 Å². The second-order valence-corrected chi connectivity index (χ2v) is 4.58. The van der Waals surface area contributed by atoms with Crippen LogP contribution in [0.25, 0.3) is 0 Å². The highest BCUT2D eigenvalue weighted by atomic mass is 79.9. The van der Waals surface area contributed by atoms with Crippen molar-refractivity contribution in [3.05, 3.63) is 34.3 Å². The summed E-state index contributed by atoms with van der Waals surface area (Å²) in [4.78, 5) is 0. The minimum absolute atomic E-state index is 0.0951. The Kier molecular flexibility index (Phi) is 5.91. The van der Waals surface area contributed by atoms with Crippen LogP contribution in [-0.4, -0.2) is 19.3 Å². The van der Waals surface area contributed by atoms with E-state index in [9.17, 15) is 0 Å². The lowest BCUT2D eigenvalue weighted by Crippen LogP contribution is -2.28. The zero-order chi connectivity index (χ0) is 11.1. The summed E-state index contributed by atoms with van der Waals surface area (Å²) in [6.45, 7) is 3.54. The van der Waals surface area contributed by atoms with Crippen molar-refractivity contribution in [1.29, 1.82) is 0 Å². The molecule has 0 aliphatic rings. The maximum atomic E-state index is 5.95. The van der Waals surface area contributed by atoms with E-state index in [0.29, 0.717) is 6.61 Å². The van der Waals surface area contributed by atoms with Crippen molar-refractivity contribution in [3.63, 3.8) is 0 Å². The molecule has 0 bridgehead atoms. The molecule has 2 N–H and O–H groups in total. The van der Waals surface area contributed by atoms with Gasteiger partial charge in [-0.25, -0.2) is 0 Å². The number of hydrogen-bond acceptors (Lipinski definition) is 2. The van der Waals surface area contributed by atoms with Crippen LogP contribution < -0.4 is 5.73 Å². The van der Waals surface area contributed by atoms with Crippen LogP contribution in [0.4, 0.5) is 0 Å². The quantitative estimate of drug-likeness (QED) is 0.808. The Bertz CT molecular complexity index is 273. The van der Waals surface area contributed by atoms with E-state index in [0.717, 1.165) is 23.9 Å². The molecule has 0 saturated heterocycles. The zero-order valence-electron chi connectivity index (χ0n) is 9.08. The average Bonchev–Trinajstić information content (AvgIpc) is 2.22. The van der Waals surface area contributed by atoms with Crippen LogP contribution in [0.2, 0.25) is 0 Å². The van der Waals surface area contributed by atoms with Crippen LogP contribution in [0.3, 0.4) is 0 Å². The maximum absolute atomic E-state index is 5.95. The van der Waals surface area contributed by atoms with Crippen molar-refractivity contribution in [1.82, 2.24) is 0 Å².